The summed E-state index contributed by atoms with van der Waals surface area (Å²) in [5.74, 6) is 0. The highest BCUT2D eigenvalue weighted by Crippen LogP contribution is 1.86. The zero-order valence-electron chi connectivity index (χ0n) is 7.28. The smallest absolute Gasteiger partial charge is 0.423 e. The van der Waals surface area contributed by atoms with E-state index in [9.17, 15) is 0 Å². The van der Waals surface area contributed by atoms with Crippen LogP contribution in [0.25, 0.3) is 0 Å². The van der Waals surface area contributed by atoms with Crippen molar-refractivity contribution in [3.05, 3.63) is 24.3 Å². The molecule has 1 rings (SSSR count). The molecule has 0 saturated heterocycles. The Balaban J connectivity index is 2.86. The molecule has 0 aromatic heterocycles. The minimum Gasteiger partial charge on any atom is -0.423 e. The summed E-state index contributed by atoms with van der Waals surface area (Å²) in [6.45, 7) is 4.41. The molecule has 0 amide bonds. The molecule has 0 aliphatic carbocycles. The van der Waals surface area contributed by atoms with E-state index in [4.69, 9.17) is 10.0 Å². The van der Waals surface area contributed by atoms with Gasteiger partial charge in [-0.05, 0) is 5.46 Å². The second-order valence-corrected chi connectivity index (χ2v) is 5.57. The fourth-order valence-electron chi connectivity index (χ4n) is 0.989. The van der Waals surface area contributed by atoms with Crippen LogP contribution in [0.4, 0.5) is 0 Å². The monoisotopic (exact) mass is 179 g/mol. The first kappa shape index (κ1) is 9.51. The van der Waals surface area contributed by atoms with Crippen molar-refractivity contribution in [3.63, 3.8) is 0 Å². The van der Waals surface area contributed by atoms with E-state index in [1.807, 2.05) is 12.1 Å². The lowest BCUT2D eigenvalue weighted by Crippen LogP contribution is -2.32. The molecule has 63 valence electrons. The van der Waals surface area contributed by atoms with Gasteiger partial charge in [-0.15, -0.1) is 0 Å². The second kappa shape index (κ2) is 3.89. The molecule has 0 heterocycles. The third-order valence-corrected chi connectivity index (χ3v) is 3.27. The van der Waals surface area contributed by atoms with Crippen molar-refractivity contribution < 1.29 is 10.0 Å². The first-order valence-electron chi connectivity index (χ1n) is 3.88. The van der Waals surface area contributed by atoms with Crippen LogP contribution < -0.4 is 10.6 Å². The normalized spacial score (nSPS) is 10.4. The molecule has 1 aromatic carbocycles. The first-order valence-corrected chi connectivity index (χ1v) is 6.38. The predicted molar refractivity (Wildman–Crippen MR) is 53.4 cm³/mol. The number of benzene rings is 1. The van der Waals surface area contributed by atoms with Crippen LogP contribution in [0.2, 0.25) is 13.1 Å². The molecule has 1 aromatic rings. The summed E-state index contributed by atoms with van der Waals surface area (Å²) >= 11 is 0. The summed E-state index contributed by atoms with van der Waals surface area (Å²) < 4.78 is 0. The van der Waals surface area contributed by atoms with Gasteiger partial charge < -0.3 is 10.0 Å². The van der Waals surface area contributed by atoms with E-state index < -0.39 is 15.9 Å². The molecule has 0 atom stereocenters. The van der Waals surface area contributed by atoms with Gasteiger partial charge in [0.2, 0.25) is 0 Å². The molecule has 0 aliphatic heterocycles. The van der Waals surface area contributed by atoms with Gasteiger partial charge in [0.1, 0.15) is 0 Å². The molecule has 12 heavy (non-hydrogen) atoms. The quantitative estimate of drug-likeness (QED) is 0.591. The average molecular weight is 179 g/mol. The molecule has 0 unspecified atom stereocenters. The van der Waals surface area contributed by atoms with E-state index in [2.05, 4.69) is 13.1 Å². The van der Waals surface area contributed by atoms with Crippen molar-refractivity contribution in [3.8, 4) is 0 Å². The van der Waals surface area contributed by atoms with Gasteiger partial charge in [0.05, 0.1) is 8.80 Å². The zero-order chi connectivity index (χ0) is 9.14. The SMILES string of the molecule is C[Si](C)c1ccc(B(O)O)cc1. The van der Waals surface area contributed by atoms with Gasteiger partial charge in [0.25, 0.3) is 0 Å². The van der Waals surface area contributed by atoms with Crippen LogP contribution >= 0.6 is 0 Å². The standard InChI is InChI=1S/C8H12BO2Si/c1-12(2)8-5-3-7(4-6-8)9(10)11/h3-6,10-11H,1-2H3. The van der Waals surface area contributed by atoms with E-state index in [-0.39, 0.29) is 0 Å². The lowest BCUT2D eigenvalue weighted by atomic mass is 9.81. The van der Waals surface area contributed by atoms with E-state index in [0.717, 1.165) is 0 Å². The van der Waals surface area contributed by atoms with Crippen LogP contribution in [0, 0.1) is 0 Å². The molecule has 4 heteroatoms. The molecular weight excluding hydrogens is 167 g/mol. The Morgan fingerprint density at radius 2 is 1.58 bits per heavy atom. The van der Waals surface area contributed by atoms with Gasteiger partial charge >= 0.3 is 7.12 Å². The minimum atomic E-state index is -1.34. The summed E-state index contributed by atoms with van der Waals surface area (Å²) in [5, 5.41) is 18.9. The fraction of sp³-hybridized carbons (Fsp3) is 0.250. The fourth-order valence-corrected chi connectivity index (χ4v) is 1.82. The van der Waals surface area contributed by atoms with Crippen molar-refractivity contribution >= 4 is 26.6 Å². The summed E-state index contributed by atoms with van der Waals surface area (Å²) in [6.07, 6.45) is 0. The van der Waals surface area contributed by atoms with E-state index in [0.29, 0.717) is 5.46 Å². The third-order valence-electron chi connectivity index (χ3n) is 1.79. The Labute approximate surface area is 74.6 Å². The maximum atomic E-state index is 8.82. The molecule has 0 spiro atoms. The van der Waals surface area contributed by atoms with Crippen LogP contribution in [0.15, 0.2) is 24.3 Å². The summed E-state index contributed by atoms with van der Waals surface area (Å²) in [7, 11) is -1.76. The first-order chi connectivity index (χ1) is 5.61. The molecule has 0 fully saturated rings. The van der Waals surface area contributed by atoms with E-state index in [1.54, 1.807) is 12.1 Å². The topological polar surface area (TPSA) is 40.5 Å². The summed E-state index contributed by atoms with van der Waals surface area (Å²) in [5.41, 5.74) is 0.557. The molecule has 1 radical (unpaired) electrons. The van der Waals surface area contributed by atoms with Gasteiger partial charge in [-0.2, -0.15) is 0 Å². The van der Waals surface area contributed by atoms with Crippen molar-refractivity contribution in [2.24, 2.45) is 0 Å². The van der Waals surface area contributed by atoms with Crippen molar-refractivity contribution in [1.82, 2.24) is 0 Å². The number of hydrogen-bond acceptors (Lipinski definition) is 2. The highest BCUT2D eigenvalue weighted by molar-refractivity contribution is 6.71. The van der Waals surface area contributed by atoms with Crippen LogP contribution in [-0.2, 0) is 0 Å². The van der Waals surface area contributed by atoms with Crippen LogP contribution in [0.5, 0.6) is 0 Å². The maximum Gasteiger partial charge on any atom is 0.488 e. The number of rotatable bonds is 2. The van der Waals surface area contributed by atoms with Crippen molar-refractivity contribution in [2.45, 2.75) is 13.1 Å². The lowest BCUT2D eigenvalue weighted by molar-refractivity contribution is 0.426. The molecule has 0 saturated carbocycles. The van der Waals surface area contributed by atoms with Crippen LogP contribution in [-0.4, -0.2) is 26.0 Å². The molecule has 2 N–H and O–H groups in total. The Hall–Kier alpha value is -0.578. The zero-order valence-corrected chi connectivity index (χ0v) is 8.28. The van der Waals surface area contributed by atoms with E-state index in [1.165, 1.54) is 5.19 Å². The summed E-state index contributed by atoms with van der Waals surface area (Å²) in [6, 6.07) is 7.45. The lowest BCUT2D eigenvalue weighted by Gasteiger charge is -2.04. The minimum absolute atomic E-state index is 0.417. The second-order valence-electron chi connectivity index (χ2n) is 3.00. The van der Waals surface area contributed by atoms with Gasteiger partial charge in [-0.1, -0.05) is 42.5 Å². The Kier molecular flexibility index (Phi) is 3.08. The van der Waals surface area contributed by atoms with Crippen LogP contribution in [0.3, 0.4) is 0 Å². The van der Waals surface area contributed by atoms with Gasteiger partial charge in [-0.3, -0.25) is 0 Å². The molecule has 0 bridgehead atoms. The van der Waals surface area contributed by atoms with Crippen molar-refractivity contribution in [2.75, 3.05) is 0 Å². The van der Waals surface area contributed by atoms with Crippen LogP contribution in [0.1, 0.15) is 0 Å². The van der Waals surface area contributed by atoms with Gasteiger partial charge in [0, 0.05) is 0 Å². The highest BCUT2D eigenvalue weighted by Gasteiger charge is 2.10. The maximum absolute atomic E-state index is 8.82. The van der Waals surface area contributed by atoms with E-state index >= 15 is 0 Å². The highest BCUT2D eigenvalue weighted by atomic mass is 28.3. The van der Waals surface area contributed by atoms with Crippen molar-refractivity contribution in [1.29, 1.82) is 0 Å². The molecular formula is C8H12BO2Si. The third kappa shape index (κ3) is 2.20. The number of hydrogen-bond donors (Lipinski definition) is 2. The largest absolute Gasteiger partial charge is 0.488 e. The Bertz CT molecular complexity index is 219. The Morgan fingerprint density at radius 3 is 1.92 bits per heavy atom. The molecule has 2 nitrogen and oxygen atoms in total. The average Bonchev–Trinajstić information content (AvgIpc) is 2.04. The van der Waals surface area contributed by atoms with Gasteiger partial charge in [-0.25, -0.2) is 0 Å². The van der Waals surface area contributed by atoms with Gasteiger partial charge in [0.15, 0.2) is 0 Å². The molecule has 0 aliphatic rings. The predicted octanol–water partition coefficient (Wildman–Crippen LogP) is -0.672. The Morgan fingerprint density at radius 1 is 1.08 bits per heavy atom. The summed E-state index contributed by atoms with van der Waals surface area (Å²) in [4.78, 5) is 0.